The highest BCUT2D eigenvalue weighted by Gasteiger charge is 2.16. The average Bonchev–Trinajstić information content (AvgIpc) is 2.18. The van der Waals surface area contributed by atoms with Crippen LogP contribution in [0.4, 0.5) is 10.5 Å². The molecule has 0 saturated carbocycles. The lowest BCUT2D eigenvalue weighted by Crippen LogP contribution is -2.27. The molecule has 0 atom stereocenters. The summed E-state index contributed by atoms with van der Waals surface area (Å²) in [6.45, 7) is 5.50. The number of carbonyl (C=O) groups excluding carboxylic acids is 1. The van der Waals surface area contributed by atoms with Gasteiger partial charge in [0.05, 0.1) is 5.69 Å². The molecule has 1 amide bonds. The molecule has 1 aromatic carbocycles. The maximum atomic E-state index is 11.6. The number of amides is 1. The molecular formula is C12H16BrNO2S. The van der Waals surface area contributed by atoms with Crippen molar-refractivity contribution < 1.29 is 9.53 Å². The van der Waals surface area contributed by atoms with Crippen molar-refractivity contribution in [2.75, 3.05) is 11.6 Å². The molecule has 5 heteroatoms. The second kappa shape index (κ2) is 5.78. The smallest absolute Gasteiger partial charge is 0.412 e. The van der Waals surface area contributed by atoms with Gasteiger partial charge in [-0.25, -0.2) is 4.79 Å². The largest absolute Gasteiger partial charge is 0.444 e. The third-order valence-electron chi connectivity index (χ3n) is 1.81. The highest BCUT2D eigenvalue weighted by molar-refractivity contribution is 9.10. The van der Waals surface area contributed by atoms with Crippen LogP contribution >= 0.6 is 27.7 Å². The molecule has 0 fully saturated rings. The molecule has 0 bridgehead atoms. The van der Waals surface area contributed by atoms with Crippen molar-refractivity contribution in [3.63, 3.8) is 0 Å². The molecule has 0 radical (unpaired) electrons. The van der Waals surface area contributed by atoms with E-state index in [1.165, 1.54) is 0 Å². The molecule has 17 heavy (non-hydrogen) atoms. The SMILES string of the molecule is CSc1ccc(NC(=O)OC(C)(C)C)c(Br)c1. The van der Waals surface area contributed by atoms with Gasteiger partial charge in [-0.15, -0.1) is 11.8 Å². The van der Waals surface area contributed by atoms with Crippen LogP contribution < -0.4 is 5.32 Å². The quantitative estimate of drug-likeness (QED) is 0.815. The first-order chi connectivity index (χ1) is 7.81. The third-order valence-corrected chi connectivity index (χ3v) is 3.19. The number of hydrogen-bond donors (Lipinski definition) is 1. The molecule has 1 N–H and O–H groups in total. The van der Waals surface area contributed by atoms with E-state index in [4.69, 9.17) is 4.74 Å². The van der Waals surface area contributed by atoms with Crippen molar-refractivity contribution in [2.24, 2.45) is 0 Å². The van der Waals surface area contributed by atoms with Crippen LogP contribution in [0, 0.1) is 0 Å². The predicted molar refractivity (Wildman–Crippen MR) is 75.8 cm³/mol. The first-order valence-electron chi connectivity index (χ1n) is 5.15. The fourth-order valence-electron chi connectivity index (χ4n) is 1.14. The first-order valence-corrected chi connectivity index (χ1v) is 7.17. The molecule has 1 rings (SSSR count). The van der Waals surface area contributed by atoms with Crippen LogP contribution in [-0.4, -0.2) is 18.0 Å². The van der Waals surface area contributed by atoms with Gasteiger partial charge in [0.15, 0.2) is 0 Å². The highest BCUT2D eigenvalue weighted by atomic mass is 79.9. The number of rotatable bonds is 2. The summed E-state index contributed by atoms with van der Waals surface area (Å²) < 4.78 is 6.02. The Labute approximate surface area is 114 Å². The number of hydrogen-bond acceptors (Lipinski definition) is 3. The zero-order valence-electron chi connectivity index (χ0n) is 10.3. The van der Waals surface area contributed by atoms with Gasteiger partial charge in [0, 0.05) is 9.37 Å². The van der Waals surface area contributed by atoms with Crippen LogP contribution in [0.25, 0.3) is 0 Å². The molecule has 0 aliphatic rings. The van der Waals surface area contributed by atoms with Crippen molar-refractivity contribution in [2.45, 2.75) is 31.3 Å². The van der Waals surface area contributed by atoms with Crippen molar-refractivity contribution in [3.05, 3.63) is 22.7 Å². The summed E-state index contributed by atoms with van der Waals surface area (Å²) >= 11 is 5.06. The van der Waals surface area contributed by atoms with E-state index < -0.39 is 11.7 Å². The lowest BCUT2D eigenvalue weighted by atomic mass is 10.2. The molecule has 0 unspecified atom stereocenters. The monoisotopic (exact) mass is 317 g/mol. The van der Waals surface area contributed by atoms with E-state index >= 15 is 0 Å². The molecule has 0 heterocycles. The van der Waals surface area contributed by atoms with E-state index in [-0.39, 0.29) is 0 Å². The number of halogens is 1. The number of benzene rings is 1. The van der Waals surface area contributed by atoms with Crippen molar-refractivity contribution in [3.8, 4) is 0 Å². The Morgan fingerprint density at radius 2 is 2.06 bits per heavy atom. The van der Waals surface area contributed by atoms with Crippen molar-refractivity contribution in [1.29, 1.82) is 0 Å². The predicted octanol–water partition coefficient (Wildman–Crippen LogP) is 4.52. The standard InChI is InChI=1S/C12H16BrNO2S/c1-12(2,3)16-11(15)14-10-6-5-8(17-4)7-9(10)13/h5-7H,1-4H3,(H,14,15). The lowest BCUT2D eigenvalue weighted by molar-refractivity contribution is 0.0636. The summed E-state index contributed by atoms with van der Waals surface area (Å²) in [5.41, 5.74) is 0.215. The summed E-state index contributed by atoms with van der Waals surface area (Å²) in [7, 11) is 0. The number of nitrogens with one attached hydrogen (secondary N) is 1. The Kier molecular flexibility index (Phi) is 4.89. The molecule has 0 aliphatic heterocycles. The Morgan fingerprint density at radius 3 is 2.53 bits per heavy atom. The van der Waals surface area contributed by atoms with Gasteiger partial charge >= 0.3 is 6.09 Å². The van der Waals surface area contributed by atoms with Crippen molar-refractivity contribution >= 4 is 39.5 Å². The number of carbonyl (C=O) groups is 1. The Morgan fingerprint density at radius 1 is 1.41 bits per heavy atom. The normalized spacial score (nSPS) is 11.1. The first kappa shape index (κ1) is 14.4. The van der Waals surface area contributed by atoms with Crippen LogP contribution in [0.3, 0.4) is 0 Å². The third kappa shape index (κ3) is 5.00. The minimum atomic E-state index is -0.490. The second-order valence-electron chi connectivity index (χ2n) is 4.47. The lowest BCUT2D eigenvalue weighted by Gasteiger charge is -2.20. The fourth-order valence-corrected chi connectivity index (χ4v) is 2.21. The van der Waals surface area contributed by atoms with Gasteiger partial charge in [-0.3, -0.25) is 5.32 Å². The van der Waals surface area contributed by atoms with Crippen LogP contribution in [0.1, 0.15) is 20.8 Å². The van der Waals surface area contributed by atoms with Crippen LogP contribution in [0.5, 0.6) is 0 Å². The Balaban J connectivity index is 2.72. The minimum absolute atomic E-state index is 0.449. The summed E-state index contributed by atoms with van der Waals surface area (Å²) in [5, 5.41) is 2.70. The number of thioether (sulfide) groups is 1. The van der Waals surface area contributed by atoms with Gasteiger partial charge in [0.2, 0.25) is 0 Å². The van der Waals surface area contributed by atoms with Gasteiger partial charge in [-0.05, 0) is 61.2 Å². The summed E-state index contributed by atoms with van der Waals surface area (Å²) in [6.07, 6.45) is 1.55. The maximum Gasteiger partial charge on any atom is 0.412 e. The molecule has 0 aromatic heterocycles. The van der Waals surface area contributed by atoms with Gasteiger partial charge in [-0.1, -0.05) is 0 Å². The molecule has 0 spiro atoms. The second-order valence-corrected chi connectivity index (χ2v) is 6.21. The van der Waals surface area contributed by atoms with E-state index in [0.29, 0.717) is 5.69 Å². The molecule has 94 valence electrons. The van der Waals surface area contributed by atoms with E-state index in [1.807, 2.05) is 45.2 Å². The maximum absolute atomic E-state index is 11.6. The van der Waals surface area contributed by atoms with Crippen LogP contribution in [0.2, 0.25) is 0 Å². The Bertz CT molecular complexity index is 415. The zero-order valence-corrected chi connectivity index (χ0v) is 12.7. The van der Waals surface area contributed by atoms with E-state index in [1.54, 1.807) is 11.8 Å². The molecule has 1 aromatic rings. The molecular weight excluding hydrogens is 302 g/mol. The van der Waals surface area contributed by atoms with Gasteiger partial charge in [0.1, 0.15) is 5.60 Å². The van der Waals surface area contributed by atoms with Gasteiger partial charge in [0.25, 0.3) is 0 Å². The highest BCUT2D eigenvalue weighted by Crippen LogP contribution is 2.27. The fraction of sp³-hybridized carbons (Fsp3) is 0.417. The van der Waals surface area contributed by atoms with E-state index in [0.717, 1.165) is 9.37 Å². The summed E-state index contributed by atoms with van der Waals surface area (Å²) in [5.74, 6) is 0. The molecule has 3 nitrogen and oxygen atoms in total. The molecule has 0 saturated heterocycles. The Hall–Kier alpha value is -0.680. The number of ether oxygens (including phenoxy) is 1. The zero-order chi connectivity index (χ0) is 13.1. The van der Waals surface area contributed by atoms with E-state index in [2.05, 4.69) is 21.2 Å². The van der Waals surface area contributed by atoms with Crippen molar-refractivity contribution in [1.82, 2.24) is 0 Å². The van der Waals surface area contributed by atoms with Gasteiger partial charge < -0.3 is 4.74 Å². The van der Waals surface area contributed by atoms with Crippen LogP contribution in [-0.2, 0) is 4.74 Å². The van der Waals surface area contributed by atoms with Crippen LogP contribution in [0.15, 0.2) is 27.6 Å². The topological polar surface area (TPSA) is 38.3 Å². The summed E-state index contributed by atoms with van der Waals surface area (Å²) in [4.78, 5) is 12.7. The molecule has 0 aliphatic carbocycles. The van der Waals surface area contributed by atoms with Gasteiger partial charge in [-0.2, -0.15) is 0 Å². The summed E-state index contributed by atoms with van der Waals surface area (Å²) in [6, 6.07) is 5.75. The minimum Gasteiger partial charge on any atom is -0.444 e. The average molecular weight is 318 g/mol. The number of anilines is 1. The van der Waals surface area contributed by atoms with E-state index in [9.17, 15) is 4.79 Å².